The molecule has 5 nitrogen and oxygen atoms in total. The molecule has 3 saturated carbocycles. The topological polar surface area (TPSA) is 47.4 Å². The molecule has 1 amide bonds. The molecule has 1 aromatic carbocycles. The number of aryl methyl sites for hydroxylation is 1. The van der Waals surface area contributed by atoms with Crippen molar-refractivity contribution >= 4 is 27.7 Å². The van der Waals surface area contributed by atoms with Crippen LogP contribution in [0.25, 0.3) is 0 Å². The Hall–Kier alpha value is -1.96. The molecule has 3 aliphatic rings. The second-order valence-corrected chi connectivity index (χ2v) is 12.2. The maximum absolute atomic E-state index is 14.0. The van der Waals surface area contributed by atoms with Crippen LogP contribution in [0.2, 0.25) is 0 Å². The molecule has 8 heteroatoms. The second-order valence-electron chi connectivity index (χ2n) is 11.3. The number of carbonyl (C=O) groups excluding carboxylic acids is 1. The first-order valence-corrected chi connectivity index (χ1v) is 12.7. The van der Waals surface area contributed by atoms with Crippen LogP contribution in [-0.2, 0) is 23.1 Å². The average molecular weight is 538 g/mol. The van der Waals surface area contributed by atoms with Gasteiger partial charge < -0.3 is 4.74 Å². The quantitative estimate of drug-likeness (QED) is 0.401. The van der Waals surface area contributed by atoms with E-state index in [0.717, 1.165) is 61.3 Å². The molecule has 1 aromatic heterocycles. The SMILES string of the molecule is Cn1nc(C23CCC(CN(C(=O)OC(C)(C)C)c4cccc(Br)c4)(CC2)CC3)cc1C(C)(F)F. The lowest BCUT2D eigenvalue weighted by Crippen LogP contribution is -2.51. The first-order chi connectivity index (χ1) is 15.7. The first kappa shape index (κ1) is 25.1. The van der Waals surface area contributed by atoms with E-state index in [9.17, 15) is 13.6 Å². The van der Waals surface area contributed by atoms with Gasteiger partial charge in [-0.1, -0.05) is 22.0 Å². The van der Waals surface area contributed by atoms with Crippen molar-refractivity contribution in [3.8, 4) is 0 Å². The molecule has 34 heavy (non-hydrogen) atoms. The minimum Gasteiger partial charge on any atom is -0.443 e. The molecule has 0 radical (unpaired) electrons. The predicted octanol–water partition coefficient (Wildman–Crippen LogP) is 7.33. The highest BCUT2D eigenvalue weighted by molar-refractivity contribution is 9.10. The van der Waals surface area contributed by atoms with Gasteiger partial charge in [0.1, 0.15) is 11.3 Å². The summed E-state index contributed by atoms with van der Waals surface area (Å²) in [5.41, 5.74) is 0.787. The van der Waals surface area contributed by atoms with Gasteiger partial charge in [0.05, 0.1) is 5.69 Å². The molecule has 3 fully saturated rings. The maximum Gasteiger partial charge on any atom is 0.414 e. The van der Waals surface area contributed by atoms with Crippen LogP contribution in [-0.4, -0.2) is 28.0 Å². The highest BCUT2D eigenvalue weighted by Crippen LogP contribution is 2.58. The van der Waals surface area contributed by atoms with Crippen LogP contribution < -0.4 is 4.90 Å². The van der Waals surface area contributed by atoms with E-state index in [1.54, 1.807) is 18.0 Å². The Balaban J connectivity index is 1.56. The fourth-order valence-electron chi connectivity index (χ4n) is 5.58. The Morgan fingerprint density at radius 1 is 1.12 bits per heavy atom. The highest BCUT2D eigenvalue weighted by atomic mass is 79.9. The number of benzene rings is 1. The van der Waals surface area contributed by atoms with Crippen molar-refractivity contribution in [1.82, 2.24) is 9.78 Å². The lowest BCUT2D eigenvalue weighted by Gasteiger charge is -2.54. The number of ether oxygens (including phenoxy) is 1. The van der Waals surface area contributed by atoms with Crippen molar-refractivity contribution in [2.45, 2.75) is 83.2 Å². The monoisotopic (exact) mass is 537 g/mol. The number of alkyl halides is 2. The van der Waals surface area contributed by atoms with E-state index >= 15 is 0 Å². The number of fused-ring (bicyclic) bond motifs is 3. The van der Waals surface area contributed by atoms with Crippen molar-refractivity contribution in [3.63, 3.8) is 0 Å². The number of nitrogens with zero attached hydrogens (tertiary/aromatic N) is 3. The van der Waals surface area contributed by atoms with Crippen LogP contribution in [0.1, 0.15) is 77.6 Å². The van der Waals surface area contributed by atoms with Crippen molar-refractivity contribution in [1.29, 1.82) is 0 Å². The fraction of sp³-hybridized carbons (Fsp3) is 0.615. The van der Waals surface area contributed by atoms with Gasteiger partial charge in [-0.05, 0) is 89.0 Å². The zero-order valence-corrected chi connectivity index (χ0v) is 22.2. The summed E-state index contributed by atoms with van der Waals surface area (Å²) in [7, 11) is 1.60. The molecule has 1 heterocycles. The van der Waals surface area contributed by atoms with Crippen molar-refractivity contribution in [2.75, 3.05) is 11.4 Å². The summed E-state index contributed by atoms with van der Waals surface area (Å²) in [6.45, 7) is 7.12. The van der Waals surface area contributed by atoms with Gasteiger partial charge in [-0.15, -0.1) is 0 Å². The van der Waals surface area contributed by atoms with Crippen LogP contribution in [0.4, 0.5) is 19.3 Å². The van der Waals surface area contributed by atoms with Crippen LogP contribution >= 0.6 is 15.9 Å². The number of anilines is 1. The molecular weight excluding hydrogens is 504 g/mol. The standard InChI is InChI=1S/C26H34BrF2N3O2/c1-23(2,3)34-22(33)32(19-8-6-7-18(27)15-19)17-25-9-12-26(13-10-25,14-11-25)20-16-21(24(4,28)29)31(5)30-20/h6-8,15-16H,9-14,17H2,1-5H3. The van der Waals surface area contributed by atoms with Gasteiger partial charge in [0, 0.05) is 36.1 Å². The summed E-state index contributed by atoms with van der Waals surface area (Å²) in [5.74, 6) is -2.92. The summed E-state index contributed by atoms with van der Waals surface area (Å²) in [6.07, 6.45) is 5.10. The minimum absolute atomic E-state index is 0.0206. The van der Waals surface area contributed by atoms with E-state index in [-0.39, 0.29) is 22.6 Å². The third-order valence-corrected chi connectivity index (χ3v) is 8.00. The predicted molar refractivity (Wildman–Crippen MR) is 132 cm³/mol. The van der Waals surface area contributed by atoms with E-state index in [1.165, 1.54) is 4.68 Å². The summed E-state index contributed by atoms with van der Waals surface area (Å²) >= 11 is 3.52. The average Bonchev–Trinajstić information content (AvgIpc) is 3.15. The molecule has 5 rings (SSSR count). The molecule has 186 valence electrons. The van der Waals surface area contributed by atoms with Gasteiger partial charge in [-0.3, -0.25) is 9.58 Å². The molecule has 2 bridgehead atoms. The third kappa shape index (κ3) is 5.02. The van der Waals surface area contributed by atoms with Crippen molar-refractivity contribution < 1.29 is 18.3 Å². The first-order valence-electron chi connectivity index (χ1n) is 11.9. The molecular formula is C26H34BrF2N3O2. The Labute approximate surface area is 209 Å². The van der Waals surface area contributed by atoms with Gasteiger partial charge >= 0.3 is 6.09 Å². The van der Waals surface area contributed by atoms with Gasteiger partial charge in [-0.25, -0.2) is 4.79 Å². The summed E-state index contributed by atoms with van der Waals surface area (Å²) in [5, 5.41) is 4.52. The molecule has 3 aliphatic carbocycles. The van der Waals surface area contributed by atoms with Crippen LogP contribution in [0.5, 0.6) is 0 Å². The van der Waals surface area contributed by atoms with E-state index in [1.807, 2.05) is 45.0 Å². The largest absolute Gasteiger partial charge is 0.443 e. The van der Waals surface area contributed by atoms with Crippen molar-refractivity contribution in [2.24, 2.45) is 12.5 Å². The molecule has 2 aromatic rings. The lowest BCUT2D eigenvalue weighted by molar-refractivity contribution is 0.00880. The van der Waals surface area contributed by atoms with E-state index in [4.69, 9.17) is 4.74 Å². The minimum atomic E-state index is -2.92. The van der Waals surface area contributed by atoms with Gasteiger partial charge in [0.25, 0.3) is 5.92 Å². The fourth-order valence-corrected chi connectivity index (χ4v) is 5.97. The number of rotatable bonds is 5. The second kappa shape index (κ2) is 8.61. The van der Waals surface area contributed by atoms with Gasteiger partial charge in [0.2, 0.25) is 0 Å². The zero-order chi connectivity index (χ0) is 24.9. The van der Waals surface area contributed by atoms with E-state index in [2.05, 4.69) is 21.0 Å². The van der Waals surface area contributed by atoms with Crippen LogP contribution in [0.15, 0.2) is 34.8 Å². The Morgan fingerprint density at radius 2 is 1.74 bits per heavy atom. The highest BCUT2D eigenvalue weighted by Gasteiger charge is 2.52. The maximum atomic E-state index is 14.0. The van der Waals surface area contributed by atoms with Crippen molar-refractivity contribution in [3.05, 3.63) is 46.2 Å². The number of halogens is 3. The molecule has 0 saturated heterocycles. The number of carbonyl (C=O) groups is 1. The number of aromatic nitrogens is 2. The zero-order valence-electron chi connectivity index (χ0n) is 20.6. The normalized spacial score (nSPS) is 24.8. The molecule has 0 unspecified atom stereocenters. The molecule has 0 spiro atoms. The van der Waals surface area contributed by atoms with Crippen LogP contribution in [0, 0.1) is 5.41 Å². The Bertz CT molecular complexity index is 1050. The Kier molecular flexibility index (Phi) is 6.37. The molecule has 0 atom stereocenters. The smallest absolute Gasteiger partial charge is 0.414 e. The van der Waals surface area contributed by atoms with E-state index < -0.39 is 11.5 Å². The summed E-state index contributed by atoms with van der Waals surface area (Å²) in [4.78, 5) is 15.0. The molecule has 0 aliphatic heterocycles. The van der Waals surface area contributed by atoms with Gasteiger partial charge in [-0.2, -0.15) is 13.9 Å². The Morgan fingerprint density at radius 3 is 2.24 bits per heavy atom. The lowest BCUT2D eigenvalue weighted by atomic mass is 9.52. The molecule has 0 N–H and O–H groups in total. The van der Waals surface area contributed by atoms with Gasteiger partial charge in [0.15, 0.2) is 0 Å². The van der Waals surface area contributed by atoms with Crippen LogP contribution in [0.3, 0.4) is 0 Å². The van der Waals surface area contributed by atoms with E-state index in [0.29, 0.717) is 6.54 Å². The third-order valence-electron chi connectivity index (χ3n) is 7.50. The number of amides is 1. The summed E-state index contributed by atoms with van der Waals surface area (Å²) < 4.78 is 36.0. The summed E-state index contributed by atoms with van der Waals surface area (Å²) in [6, 6.07) is 9.33. The number of hydrogen-bond donors (Lipinski definition) is 0. The number of hydrogen-bond acceptors (Lipinski definition) is 3.